The van der Waals surface area contributed by atoms with E-state index < -0.39 is 36.4 Å². The highest BCUT2D eigenvalue weighted by molar-refractivity contribution is 6.09. The molecule has 3 aliphatic rings. The van der Waals surface area contributed by atoms with Gasteiger partial charge < -0.3 is 15.4 Å². The predicted octanol–water partition coefficient (Wildman–Crippen LogP) is 1.96. The summed E-state index contributed by atoms with van der Waals surface area (Å²) in [6, 6.07) is 5.39. The largest absolute Gasteiger partial charge is 0.454 e. The van der Waals surface area contributed by atoms with Crippen LogP contribution in [-0.2, 0) is 28.7 Å². The van der Waals surface area contributed by atoms with Crippen molar-refractivity contribution in [1.82, 2.24) is 4.90 Å². The average Bonchev–Trinajstić information content (AvgIpc) is 3.43. The molecule has 0 unspecified atom stereocenters. The molecule has 2 fully saturated rings. The third kappa shape index (κ3) is 4.27. The van der Waals surface area contributed by atoms with Gasteiger partial charge in [0.05, 0.1) is 11.8 Å². The first-order valence-corrected chi connectivity index (χ1v) is 11.1. The zero-order chi connectivity index (χ0) is 23.9. The molecule has 1 saturated carbocycles. The molecule has 2 bridgehead atoms. The van der Waals surface area contributed by atoms with Gasteiger partial charge in [0.2, 0.25) is 17.7 Å². The summed E-state index contributed by atoms with van der Waals surface area (Å²) in [6.07, 6.45) is 4.80. The fourth-order valence-electron chi connectivity index (χ4n) is 5.13. The van der Waals surface area contributed by atoms with Crippen LogP contribution in [0.2, 0.25) is 0 Å². The van der Waals surface area contributed by atoms with Gasteiger partial charge in [-0.15, -0.1) is 0 Å². The van der Waals surface area contributed by atoms with E-state index >= 15 is 0 Å². The van der Waals surface area contributed by atoms with Crippen LogP contribution in [0, 0.1) is 29.6 Å². The zero-order valence-electron chi connectivity index (χ0n) is 18.7. The molecule has 4 amide bonds. The van der Waals surface area contributed by atoms with Gasteiger partial charge >= 0.3 is 5.97 Å². The Labute approximate surface area is 191 Å². The van der Waals surface area contributed by atoms with Crippen LogP contribution in [0.5, 0.6) is 0 Å². The Morgan fingerprint density at radius 1 is 0.970 bits per heavy atom. The lowest BCUT2D eigenvalue weighted by Crippen LogP contribution is -2.50. The highest BCUT2D eigenvalue weighted by atomic mass is 16.5. The standard InChI is InChI=1S/C24H27N3O6/c1-12(2)21(27-22(30)19-14-4-5-15(10-14)20(19)23(27)31)24(32)33-11-18(29)26-17-8-6-16(7-9-17)25-13(3)28/h4-9,12,14-15,19-21H,10-11H2,1-3H3,(H,25,28)(H,26,29)/t14-,15-,19+,20+,21-/m0/s1. The number of rotatable bonds is 7. The highest BCUT2D eigenvalue weighted by Crippen LogP contribution is 2.53. The number of carbonyl (C=O) groups is 5. The quantitative estimate of drug-likeness (QED) is 0.370. The Morgan fingerprint density at radius 2 is 1.48 bits per heavy atom. The fourth-order valence-corrected chi connectivity index (χ4v) is 5.13. The SMILES string of the molecule is CC(=O)Nc1ccc(NC(=O)COC(=O)[C@H](C(C)C)N2C(=O)[C@H]3[C@H](C2=O)[C@H]2C=C[C@H]3C2)cc1. The summed E-state index contributed by atoms with van der Waals surface area (Å²) in [5.74, 6) is -3.24. The van der Waals surface area contributed by atoms with Crippen LogP contribution in [0.4, 0.5) is 11.4 Å². The maximum absolute atomic E-state index is 13.1. The summed E-state index contributed by atoms with van der Waals surface area (Å²) in [7, 11) is 0. The van der Waals surface area contributed by atoms with Gasteiger partial charge in [-0.3, -0.25) is 24.1 Å². The van der Waals surface area contributed by atoms with E-state index in [1.54, 1.807) is 38.1 Å². The molecule has 1 heterocycles. The number of likely N-dealkylation sites (tertiary alicyclic amines) is 1. The van der Waals surface area contributed by atoms with Gasteiger partial charge in [0, 0.05) is 18.3 Å². The van der Waals surface area contributed by atoms with Gasteiger partial charge in [0.15, 0.2) is 6.61 Å². The van der Waals surface area contributed by atoms with Crippen LogP contribution in [-0.4, -0.2) is 47.1 Å². The number of imide groups is 1. The van der Waals surface area contributed by atoms with Crippen LogP contribution in [0.25, 0.3) is 0 Å². The minimum Gasteiger partial charge on any atom is -0.454 e. The molecule has 174 valence electrons. The second-order valence-electron chi connectivity index (χ2n) is 9.15. The number of hydrogen-bond acceptors (Lipinski definition) is 6. The number of allylic oxidation sites excluding steroid dienone is 2. The predicted molar refractivity (Wildman–Crippen MR) is 119 cm³/mol. The number of nitrogens with zero attached hydrogens (tertiary/aromatic N) is 1. The molecular weight excluding hydrogens is 426 g/mol. The zero-order valence-corrected chi connectivity index (χ0v) is 18.7. The van der Waals surface area contributed by atoms with Gasteiger partial charge in [-0.1, -0.05) is 26.0 Å². The van der Waals surface area contributed by atoms with Crippen LogP contribution < -0.4 is 10.6 Å². The molecule has 4 rings (SSSR count). The van der Waals surface area contributed by atoms with Crippen LogP contribution >= 0.6 is 0 Å². The average molecular weight is 453 g/mol. The Balaban J connectivity index is 1.36. The lowest BCUT2D eigenvalue weighted by atomic mass is 9.85. The molecule has 9 nitrogen and oxygen atoms in total. The van der Waals surface area contributed by atoms with Crippen molar-refractivity contribution in [3.63, 3.8) is 0 Å². The van der Waals surface area contributed by atoms with Crippen LogP contribution in [0.1, 0.15) is 27.2 Å². The molecule has 2 N–H and O–H groups in total. The van der Waals surface area contributed by atoms with E-state index in [1.807, 2.05) is 12.2 Å². The lowest BCUT2D eigenvalue weighted by molar-refractivity contribution is -0.162. The second kappa shape index (κ2) is 8.80. The summed E-state index contributed by atoms with van der Waals surface area (Å²) in [6.45, 7) is 4.32. The van der Waals surface area contributed by atoms with Crippen LogP contribution in [0.3, 0.4) is 0 Å². The monoisotopic (exact) mass is 453 g/mol. The number of hydrogen-bond donors (Lipinski definition) is 2. The first kappa shape index (κ1) is 22.7. The lowest BCUT2D eigenvalue weighted by Gasteiger charge is -2.28. The summed E-state index contributed by atoms with van der Waals surface area (Å²) < 4.78 is 5.21. The smallest absolute Gasteiger partial charge is 0.330 e. The van der Waals surface area contributed by atoms with E-state index in [9.17, 15) is 24.0 Å². The molecule has 9 heteroatoms. The first-order chi connectivity index (χ1) is 15.7. The minimum absolute atomic E-state index is 0.0492. The van der Waals surface area contributed by atoms with E-state index in [-0.39, 0.29) is 35.5 Å². The maximum Gasteiger partial charge on any atom is 0.330 e. The molecule has 1 aromatic rings. The minimum atomic E-state index is -1.07. The Hall–Kier alpha value is -3.49. The van der Waals surface area contributed by atoms with Crippen molar-refractivity contribution in [1.29, 1.82) is 0 Å². The molecule has 1 aliphatic heterocycles. The fraction of sp³-hybridized carbons (Fsp3) is 0.458. The molecule has 33 heavy (non-hydrogen) atoms. The molecule has 0 aromatic heterocycles. The molecule has 5 atom stereocenters. The number of anilines is 2. The first-order valence-electron chi connectivity index (χ1n) is 11.1. The van der Waals surface area contributed by atoms with Gasteiger partial charge in [0.1, 0.15) is 6.04 Å². The van der Waals surface area contributed by atoms with E-state index in [0.717, 1.165) is 11.3 Å². The second-order valence-corrected chi connectivity index (χ2v) is 9.15. The van der Waals surface area contributed by atoms with E-state index in [2.05, 4.69) is 10.6 Å². The Bertz CT molecular complexity index is 1000. The van der Waals surface area contributed by atoms with Gasteiger partial charge in [-0.2, -0.15) is 0 Å². The van der Waals surface area contributed by atoms with Gasteiger partial charge in [-0.25, -0.2) is 4.79 Å². The Kier molecular flexibility index (Phi) is 6.05. The van der Waals surface area contributed by atoms with Crippen molar-refractivity contribution in [3.8, 4) is 0 Å². The van der Waals surface area contributed by atoms with Crippen molar-refractivity contribution >= 4 is 41.0 Å². The van der Waals surface area contributed by atoms with Gasteiger partial charge in [-0.05, 0) is 48.4 Å². The molecule has 0 radical (unpaired) electrons. The number of ether oxygens (including phenoxy) is 1. The molecular formula is C24H27N3O6. The number of amides is 4. The molecule has 1 aromatic carbocycles. The van der Waals surface area contributed by atoms with E-state index in [1.165, 1.54) is 6.92 Å². The summed E-state index contributed by atoms with van der Waals surface area (Å²) in [5.41, 5.74) is 1.05. The summed E-state index contributed by atoms with van der Waals surface area (Å²) >= 11 is 0. The third-order valence-corrected chi connectivity index (χ3v) is 6.49. The highest BCUT2D eigenvalue weighted by Gasteiger charge is 2.61. The summed E-state index contributed by atoms with van der Waals surface area (Å²) in [4.78, 5) is 63.4. The van der Waals surface area contributed by atoms with Gasteiger partial charge in [0.25, 0.3) is 5.91 Å². The van der Waals surface area contributed by atoms with E-state index in [0.29, 0.717) is 11.4 Å². The topological polar surface area (TPSA) is 122 Å². The van der Waals surface area contributed by atoms with Crippen molar-refractivity contribution in [3.05, 3.63) is 36.4 Å². The number of benzene rings is 1. The van der Waals surface area contributed by atoms with E-state index in [4.69, 9.17) is 4.74 Å². The summed E-state index contributed by atoms with van der Waals surface area (Å²) in [5, 5.41) is 5.22. The molecule has 1 saturated heterocycles. The number of carbonyl (C=O) groups excluding carboxylic acids is 5. The van der Waals surface area contributed by atoms with Crippen molar-refractivity contribution in [2.24, 2.45) is 29.6 Å². The molecule has 0 spiro atoms. The number of esters is 1. The van der Waals surface area contributed by atoms with Crippen molar-refractivity contribution in [2.45, 2.75) is 33.2 Å². The van der Waals surface area contributed by atoms with Crippen molar-refractivity contribution < 1.29 is 28.7 Å². The van der Waals surface area contributed by atoms with Crippen LogP contribution in [0.15, 0.2) is 36.4 Å². The third-order valence-electron chi connectivity index (χ3n) is 6.49. The number of nitrogens with one attached hydrogen (secondary N) is 2. The Morgan fingerprint density at radius 3 is 1.97 bits per heavy atom. The van der Waals surface area contributed by atoms with Crippen molar-refractivity contribution in [2.75, 3.05) is 17.2 Å². The maximum atomic E-state index is 13.1. The normalized spacial score (nSPS) is 25.9. The number of fused-ring (bicyclic) bond motifs is 5. The molecule has 2 aliphatic carbocycles.